The third-order valence-electron chi connectivity index (χ3n) is 2.83. The van der Waals surface area contributed by atoms with Crippen molar-refractivity contribution in [2.45, 2.75) is 6.54 Å². The van der Waals surface area contributed by atoms with Crippen molar-refractivity contribution in [1.29, 1.82) is 0 Å². The highest BCUT2D eigenvalue weighted by atomic mass is 15.1. The number of hydrogen-bond donors (Lipinski definition) is 2. The summed E-state index contributed by atoms with van der Waals surface area (Å²) in [5.41, 5.74) is 2.07. The van der Waals surface area contributed by atoms with Crippen molar-refractivity contribution in [3.63, 3.8) is 0 Å². The van der Waals surface area contributed by atoms with Gasteiger partial charge in [0.15, 0.2) is 0 Å². The van der Waals surface area contributed by atoms with Gasteiger partial charge < -0.3 is 9.88 Å². The number of anilines is 1. The van der Waals surface area contributed by atoms with Crippen LogP contribution < -0.4 is 5.32 Å². The van der Waals surface area contributed by atoms with E-state index in [4.69, 9.17) is 0 Å². The number of rotatable bonds is 3. The fourth-order valence-electron chi connectivity index (χ4n) is 1.86. The largest absolute Gasteiger partial charge is 0.376 e. The second-order valence-electron chi connectivity index (χ2n) is 3.95. The molecule has 0 saturated heterocycles. The van der Waals surface area contributed by atoms with E-state index in [1.165, 1.54) is 0 Å². The second-order valence-corrected chi connectivity index (χ2v) is 3.95. The number of imidazole rings is 1. The van der Waals surface area contributed by atoms with Gasteiger partial charge in [-0.3, -0.25) is 5.10 Å². The lowest BCUT2D eigenvalue weighted by Gasteiger charge is -2.07. The molecule has 0 atom stereocenters. The molecule has 0 fully saturated rings. The molecule has 2 heterocycles. The van der Waals surface area contributed by atoms with Crippen LogP contribution in [0.4, 0.5) is 5.69 Å². The van der Waals surface area contributed by atoms with Crippen molar-refractivity contribution in [2.24, 2.45) is 7.05 Å². The highest BCUT2D eigenvalue weighted by Crippen LogP contribution is 2.20. The molecule has 3 rings (SSSR count). The molecule has 0 amide bonds. The van der Waals surface area contributed by atoms with Crippen LogP contribution in [-0.2, 0) is 13.6 Å². The molecule has 17 heavy (non-hydrogen) atoms. The van der Waals surface area contributed by atoms with Gasteiger partial charge in [0.05, 0.1) is 23.9 Å². The van der Waals surface area contributed by atoms with Gasteiger partial charge in [0.1, 0.15) is 5.82 Å². The van der Waals surface area contributed by atoms with Crippen molar-refractivity contribution in [2.75, 3.05) is 5.32 Å². The van der Waals surface area contributed by atoms with Gasteiger partial charge in [-0.2, -0.15) is 5.10 Å². The second kappa shape index (κ2) is 3.93. The fourth-order valence-corrected chi connectivity index (χ4v) is 1.86. The van der Waals surface area contributed by atoms with Gasteiger partial charge in [-0.25, -0.2) is 4.98 Å². The van der Waals surface area contributed by atoms with Gasteiger partial charge >= 0.3 is 0 Å². The highest BCUT2D eigenvalue weighted by Gasteiger charge is 2.03. The van der Waals surface area contributed by atoms with Crippen molar-refractivity contribution < 1.29 is 0 Å². The molecule has 0 aliphatic carbocycles. The normalized spacial score (nSPS) is 10.9. The molecule has 0 aliphatic heterocycles. The smallest absolute Gasteiger partial charge is 0.127 e. The Kier molecular flexibility index (Phi) is 2.29. The molecule has 0 radical (unpaired) electrons. The van der Waals surface area contributed by atoms with E-state index in [0.717, 1.165) is 22.4 Å². The van der Waals surface area contributed by atoms with E-state index in [-0.39, 0.29) is 0 Å². The summed E-state index contributed by atoms with van der Waals surface area (Å²) < 4.78 is 2.00. The number of H-pyrrole nitrogens is 1. The molecule has 3 aromatic rings. The maximum Gasteiger partial charge on any atom is 0.127 e. The summed E-state index contributed by atoms with van der Waals surface area (Å²) in [6, 6.07) is 6.08. The Morgan fingerprint density at radius 2 is 2.35 bits per heavy atom. The minimum atomic E-state index is 0.696. The molecule has 2 N–H and O–H groups in total. The SMILES string of the molecule is Cn1ccnc1CNc1cccc2cn[nH]c12. The van der Waals surface area contributed by atoms with Crippen LogP contribution in [0.25, 0.3) is 10.9 Å². The van der Waals surface area contributed by atoms with E-state index in [1.54, 1.807) is 6.20 Å². The van der Waals surface area contributed by atoms with Crippen molar-refractivity contribution in [1.82, 2.24) is 19.7 Å². The number of hydrogen-bond acceptors (Lipinski definition) is 3. The topological polar surface area (TPSA) is 58.5 Å². The van der Waals surface area contributed by atoms with Crippen LogP contribution in [0.5, 0.6) is 0 Å². The summed E-state index contributed by atoms with van der Waals surface area (Å²) in [6.45, 7) is 0.696. The Hall–Kier alpha value is -2.30. The van der Waals surface area contributed by atoms with Gasteiger partial charge in [-0.15, -0.1) is 0 Å². The van der Waals surface area contributed by atoms with E-state index in [2.05, 4.69) is 20.5 Å². The molecule has 2 aromatic heterocycles. The number of nitrogens with zero attached hydrogens (tertiary/aromatic N) is 3. The summed E-state index contributed by atoms with van der Waals surface area (Å²) in [5.74, 6) is 1.00. The molecule has 5 nitrogen and oxygen atoms in total. The summed E-state index contributed by atoms with van der Waals surface area (Å²) in [4.78, 5) is 4.27. The average molecular weight is 227 g/mol. The van der Waals surface area contributed by atoms with Crippen molar-refractivity contribution in [3.05, 3.63) is 42.6 Å². The molecule has 0 aliphatic rings. The first-order valence-corrected chi connectivity index (χ1v) is 5.47. The molecular formula is C12H13N5. The van der Waals surface area contributed by atoms with E-state index in [0.29, 0.717) is 6.54 Å². The maximum atomic E-state index is 4.27. The van der Waals surface area contributed by atoms with Crippen molar-refractivity contribution >= 4 is 16.6 Å². The van der Waals surface area contributed by atoms with E-state index in [9.17, 15) is 0 Å². The van der Waals surface area contributed by atoms with Crippen molar-refractivity contribution in [3.8, 4) is 0 Å². The lowest BCUT2D eigenvalue weighted by molar-refractivity contribution is 0.813. The summed E-state index contributed by atoms with van der Waals surface area (Å²) >= 11 is 0. The maximum absolute atomic E-state index is 4.27. The van der Waals surface area contributed by atoms with Crippen LogP contribution in [0, 0.1) is 0 Å². The third-order valence-corrected chi connectivity index (χ3v) is 2.83. The van der Waals surface area contributed by atoms with Crippen LogP contribution in [0.3, 0.4) is 0 Å². The Balaban J connectivity index is 1.86. The molecule has 0 saturated carbocycles. The van der Waals surface area contributed by atoms with Gasteiger partial charge in [0.25, 0.3) is 0 Å². The van der Waals surface area contributed by atoms with Gasteiger partial charge in [0, 0.05) is 24.8 Å². The first kappa shape index (κ1) is 9.89. The number of nitrogens with one attached hydrogen (secondary N) is 2. The van der Waals surface area contributed by atoms with Crippen LogP contribution in [-0.4, -0.2) is 19.7 Å². The molecule has 86 valence electrons. The Morgan fingerprint density at radius 1 is 1.41 bits per heavy atom. The van der Waals surface area contributed by atoms with Crippen LogP contribution in [0.15, 0.2) is 36.8 Å². The zero-order valence-electron chi connectivity index (χ0n) is 9.51. The summed E-state index contributed by atoms with van der Waals surface area (Å²) in [7, 11) is 1.99. The van der Waals surface area contributed by atoms with E-state index >= 15 is 0 Å². The Morgan fingerprint density at radius 3 is 3.18 bits per heavy atom. The predicted molar refractivity (Wildman–Crippen MR) is 66.6 cm³/mol. The number of aromatic nitrogens is 4. The molecule has 5 heteroatoms. The standard InChI is InChI=1S/C12H13N5/c1-17-6-5-13-11(17)8-14-10-4-2-3-9-7-15-16-12(9)10/h2-7,14H,8H2,1H3,(H,15,16). The Labute approximate surface area is 98.5 Å². The number of aromatic amines is 1. The summed E-state index contributed by atoms with van der Waals surface area (Å²) in [5, 5.41) is 11.5. The van der Waals surface area contributed by atoms with Gasteiger partial charge in [-0.05, 0) is 6.07 Å². The lowest BCUT2D eigenvalue weighted by atomic mass is 10.2. The van der Waals surface area contributed by atoms with Gasteiger partial charge in [0.2, 0.25) is 0 Å². The number of benzene rings is 1. The third kappa shape index (κ3) is 1.75. The lowest BCUT2D eigenvalue weighted by Crippen LogP contribution is -2.05. The molecule has 1 aromatic carbocycles. The monoisotopic (exact) mass is 227 g/mol. The van der Waals surface area contributed by atoms with Gasteiger partial charge in [-0.1, -0.05) is 12.1 Å². The van der Waals surface area contributed by atoms with E-state index in [1.807, 2.05) is 42.2 Å². The zero-order chi connectivity index (χ0) is 11.7. The molecule has 0 bridgehead atoms. The molecule has 0 unspecified atom stereocenters. The van der Waals surface area contributed by atoms with E-state index < -0.39 is 0 Å². The highest BCUT2D eigenvalue weighted by molar-refractivity contribution is 5.89. The summed E-state index contributed by atoms with van der Waals surface area (Å²) in [6.07, 6.45) is 5.56. The number of aryl methyl sites for hydroxylation is 1. The average Bonchev–Trinajstić information content (AvgIpc) is 2.95. The fraction of sp³-hybridized carbons (Fsp3) is 0.167. The minimum Gasteiger partial charge on any atom is -0.376 e. The minimum absolute atomic E-state index is 0.696. The van der Waals surface area contributed by atoms with Crippen LogP contribution in [0.1, 0.15) is 5.82 Å². The first-order chi connectivity index (χ1) is 8.34. The first-order valence-electron chi connectivity index (χ1n) is 5.47. The number of para-hydroxylation sites is 1. The quantitative estimate of drug-likeness (QED) is 0.718. The zero-order valence-corrected chi connectivity index (χ0v) is 9.51. The van der Waals surface area contributed by atoms with Crippen LogP contribution in [0.2, 0.25) is 0 Å². The predicted octanol–water partition coefficient (Wildman–Crippen LogP) is 1.91. The molecular weight excluding hydrogens is 214 g/mol. The Bertz CT molecular complexity index is 637. The van der Waals surface area contributed by atoms with Crippen LogP contribution >= 0.6 is 0 Å². The molecule has 0 spiro atoms. The number of fused-ring (bicyclic) bond motifs is 1.